The Balaban J connectivity index is 2.35. The minimum atomic E-state index is -5.64. The Labute approximate surface area is 134 Å². The van der Waals surface area contributed by atoms with Crippen molar-refractivity contribution < 1.29 is 26.0 Å². The van der Waals surface area contributed by atoms with Crippen molar-refractivity contribution in [2.45, 2.75) is 16.8 Å². The van der Waals surface area contributed by atoms with Crippen LogP contribution in [0.25, 0.3) is 0 Å². The molecule has 4 nitrogen and oxygen atoms in total. The second kappa shape index (κ2) is 6.44. The molecular formula is C13H12F4N2O2S2. The highest BCUT2D eigenvalue weighted by atomic mass is 32.2. The molecule has 0 spiro atoms. The third-order valence-corrected chi connectivity index (χ3v) is 5.43. The van der Waals surface area contributed by atoms with Crippen LogP contribution < -0.4 is 4.90 Å². The number of anilines is 1. The Morgan fingerprint density at radius 2 is 2.00 bits per heavy atom. The van der Waals surface area contributed by atoms with Crippen LogP contribution in [-0.4, -0.2) is 32.5 Å². The number of hydrogen-bond donors (Lipinski definition) is 0. The van der Waals surface area contributed by atoms with E-state index >= 15 is 0 Å². The summed E-state index contributed by atoms with van der Waals surface area (Å²) in [6.07, 6.45) is 2.02. The summed E-state index contributed by atoms with van der Waals surface area (Å²) in [7, 11) is -4.20. The van der Waals surface area contributed by atoms with E-state index in [0.29, 0.717) is 12.5 Å². The zero-order valence-electron chi connectivity index (χ0n) is 11.8. The van der Waals surface area contributed by atoms with Gasteiger partial charge in [-0.05, 0) is 18.2 Å². The first-order valence-corrected chi connectivity index (χ1v) is 8.69. The van der Waals surface area contributed by atoms with E-state index in [1.165, 1.54) is 23.3 Å². The Bertz CT molecular complexity index is 774. The molecule has 1 aromatic carbocycles. The molecule has 0 fully saturated rings. The van der Waals surface area contributed by atoms with E-state index in [0.717, 1.165) is 17.1 Å². The van der Waals surface area contributed by atoms with Gasteiger partial charge in [-0.1, -0.05) is 0 Å². The molecule has 0 saturated heterocycles. The van der Waals surface area contributed by atoms with E-state index in [4.69, 9.17) is 0 Å². The molecule has 126 valence electrons. The Morgan fingerprint density at radius 3 is 2.57 bits per heavy atom. The highest BCUT2D eigenvalue weighted by molar-refractivity contribution is 7.92. The first-order chi connectivity index (χ1) is 10.6. The van der Waals surface area contributed by atoms with Gasteiger partial charge < -0.3 is 4.90 Å². The van der Waals surface area contributed by atoms with E-state index in [2.05, 4.69) is 4.98 Å². The van der Waals surface area contributed by atoms with Gasteiger partial charge in [0.1, 0.15) is 10.7 Å². The van der Waals surface area contributed by atoms with Crippen LogP contribution in [0.15, 0.2) is 34.7 Å². The fraction of sp³-hybridized carbons (Fsp3) is 0.308. The fourth-order valence-electron chi connectivity index (χ4n) is 1.90. The molecule has 0 unspecified atom stereocenters. The maximum atomic E-state index is 13.3. The molecule has 0 aliphatic carbocycles. The van der Waals surface area contributed by atoms with Crippen LogP contribution in [0.1, 0.15) is 5.01 Å². The Kier molecular flexibility index (Phi) is 4.95. The molecule has 0 amide bonds. The predicted molar refractivity (Wildman–Crippen MR) is 78.7 cm³/mol. The number of halogens is 4. The molecule has 0 bridgehead atoms. The van der Waals surface area contributed by atoms with Crippen LogP contribution in [-0.2, 0) is 16.3 Å². The maximum Gasteiger partial charge on any atom is 0.501 e. The first kappa shape index (κ1) is 17.7. The van der Waals surface area contributed by atoms with Crippen molar-refractivity contribution in [3.8, 4) is 0 Å². The van der Waals surface area contributed by atoms with Crippen LogP contribution in [0.4, 0.5) is 23.2 Å². The quantitative estimate of drug-likeness (QED) is 0.761. The van der Waals surface area contributed by atoms with Crippen molar-refractivity contribution in [2.75, 3.05) is 18.5 Å². The van der Waals surface area contributed by atoms with Crippen molar-refractivity contribution in [2.24, 2.45) is 0 Å². The SMILES string of the molecule is CN(CCc1nccs1)c1ccc(F)cc1S(=O)(=O)C(F)(F)F. The van der Waals surface area contributed by atoms with Crippen LogP contribution in [0.2, 0.25) is 0 Å². The highest BCUT2D eigenvalue weighted by Crippen LogP contribution is 2.36. The summed E-state index contributed by atoms with van der Waals surface area (Å²) in [6, 6.07) is 2.33. The summed E-state index contributed by atoms with van der Waals surface area (Å²) >= 11 is 1.38. The van der Waals surface area contributed by atoms with Gasteiger partial charge in [0, 0.05) is 31.6 Å². The standard InChI is InChI=1S/C13H12F4N2O2S2/c1-19(6-4-12-18-5-7-22-12)10-3-2-9(14)8-11(10)23(20,21)13(15,16)17/h2-3,5,7-8H,4,6H2,1H3. The molecule has 0 aliphatic rings. The Morgan fingerprint density at radius 1 is 1.30 bits per heavy atom. The van der Waals surface area contributed by atoms with Gasteiger partial charge in [0.2, 0.25) is 0 Å². The lowest BCUT2D eigenvalue weighted by Gasteiger charge is -2.22. The number of rotatable bonds is 5. The molecule has 0 N–H and O–H groups in total. The predicted octanol–water partition coefficient (Wildman–Crippen LogP) is 3.25. The largest absolute Gasteiger partial charge is 0.501 e. The molecule has 1 heterocycles. The molecule has 0 saturated carbocycles. The lowest BCUT2D eigenvalue weighted by Crippen LogP contribution is -2.28. The summed E-state index contributed by atoms with van der Waals surface area (Å²) in [5, 5.41) is 2.52. The zero-order chi connectivity index (χ0) is 17.3. The van der Waals surface area contributed by atoms with Crippen molar-refractivity contribution in [1.82, 2.24) is 4.98 Å². The second-order valence-corrected chi connectivity index (χ2v) is 7.55. The molecule has 23 heavy (non-hydrogen) atoms. The smallest absolute Gasteiger partial charge is 0.373 e. The monoisotopic (exact) mass is 368 g/mol. The molecule has 0 radical (unpaired) electrons. The average molecular weight is 368 g/mol. The minimum absolute atomic E-state index is 0.208. The highest BCUT2D eigenvalue weighted by Gasteiger charge is 2.48. The van der Waals surface area contributed by atoms with Gasteiger partial charge in [0.05, 0.1) is 10.7 Å². The first-order valence-electron chi connectivity index (χ1n) is 6.33. The number of benzene rings is 1. The summed E-state index contributed by atoms with van der Waals surface area (Å²) in [5.74, 6) is -1.05. The van der Waals surface area contributed by atoms with E-state index < -0.39 is 26.1 Å². The summed E-state index contributed by atoms with van der Waals surface area (Å²) < 4.78 is 74.8. The summed E-state index contributed by atoms with van der Waals surface area (Å²) in [6.45, 7) is 0.236. The average Bonchev–Trinajstić information content (AvgIpc) is 2.96. The number of sulfone groups is 1. The van der Waals surface area contributed by atoms with Gasteiger partial charge in [-0.2, -0.15) is 13.2 Å². The van der Waals surface area contributed by atoms with Gasteiger partial charge in [0.15, 0.2) is 0 Å². The molecule has 2 aromatic rings. The summed E-state index contributed by atoms with van der Waals surface area (Å²) in [5.41, 5.74) is -5.70. The van der Waals surface area contributed by atoms with Crippen LogP contribution in [0.3, 0.4) is 0 Å². The van der Waals surface area contributed by atoms with Gasteiger partial charge in [-0.15, -0.1) is 11.3 Å². The van der Waals surface area contributed by atoms with Gasteiger partial charge in [-0.3, -0.25) is 0 Å². The third-order valence-electron chi connectivity index (χ3n) is 3.07. The number of thiazole rings is 1. The van der Waals surface area contributed by atoms with Crippen LogP contribution in [0.5, 0.6) is 0 Å². The van der Waals surface area contributed by atoms with Crippen molar-refractivity contribution in [3.63, 3.8) is 0 Å². The summed E-state index contributed by atoms with van der Waals surface area (Å²) in [4.78, 5) is 4.28. The van der Waals surface area contributed by atoms with Crippen LogP contribution in [0, 0.1) is 5.82 Å². The van der Waals surface area contributed by atoms with Crippen molar-refractivity contribution in [1.29, 1.82) is 0 Å². The molecular weight excluding hydrogens is 356 g/mol. The Hall–Kier alpha value is -1.68. The molecule has 0 atom stereocenters. The zero-order valence-corrected chi connectivity index (χ0v) is 13.5. The fourth-order valence-corrected chi connectivity index (χ4v) is 3.53. The van der Waals surface area contributed by atoms with E-state index in [-0.39, 0.29) is 12.2 Å². The maximum absolute atomic E-state index is 13.3. The van der Waals surface area contributed by atoms with E-state index in [1.54, 1.807) is 11.6 Å². The molecule has 0 aliphatic heterocycles. The van der Waals surface area contributed by atoms with Crippen molar-refractivity contribution in [3.05, 3.63) is 40.6 Å². The van der Waals surface area contributed by atoms with E-state index in [9.17, 15) is 26.0 Å². The number of likely N-dealkylation sites (N-methyl/N-ethyl adjacent to an activating group) is 1. The molecule has 10 heteroatoms. The number of hydrogen-bond acceptors (Lipinski definition) is 5. The lowest BCUT2D eigenvalue weighted by atomic mass is 10.2. The van der Waals surface area contributed by atoms with Gasteiger partial charge in [-0.25, -0.2) is 17.8 Å². The van der Waals surface area contributed by atoms with E-state index in [1.807, 2.05) is 0 Å². The lowest BCUT2D eigenvalue weighted by molar-refractivity contribution is -0.0435. The minimum Gasteiger partial charge on any atom is -0.373 e. The topological polar surface area (TPSA) is 50.3 Å². The third kappa shape index (κ3) is 3.81. The van der Waals surface area contributed by atoms with Crippen LogP contribution >= 0.6 is 11.3 Å². The number of nitrogens with zero attached hydrogens (tertiary/aromatic N) is 2. The van der Waals surface area contributed by atoms with Gasteiger partial charge >= 0.3 is 5.51 Å². The molecule has 1 aromatic heterocycles. The van der Waals surface area contributed by atoms with Crippen molar-refractivity contribution >= 4 is 26.9 Å². The molecule has 2 rings (SSSR count). The number of aromatic nitrogens is 1. The normalized spacial score (nSPS) is 12.4. The second-order valence-electron chi connectivity index (χ2n) is 4.66. The van der Waals surface area contributed by atoms with Gasteiger partial charge in [0.25, 0.3) is 9.84 Å². The number of alkyl halides is 3.